The predicted octanol–water partition coefficient (Wildman–Crippen LogP) is 3.03. The molecule has 1 aliphatic heterocycles. The highest BCUT2D eigenvalue weighted by atomic mass is 127. The van der Waals surface area contributed by atoms with Gasteiger partial charge in [-0.25, -0.2) is 4.99 Å². The molecular formula is C22H33IN6O2. The third-order valence-corrected chi connectivity index (χ3v) is 4.65. The van der Waals surface area contributed by atoms with Crippen LogP contribution in [0.4, 0.5) is 5.69 Å². The van der Waals surface area contributed by atoms with Gasteiger partial charge in [0.05, 0.1) is 18.4 Å². The number of amides is 1. The second-order valence-electron chi connectivity index (χ2n) is 8.33. The van der Waals surface area contributed by atoms with Crippen LogP contribution in [0.3, 0.4) is 0 Å². The number of nitrogens with zero attached hydrogens (tertiary/aromatic N) is 5. The SMILES string of the molecule is CCNC(=NCc1ccccc1OC(C)(C)C)N1CCN(c2cnn(C)c2)C(=O)C1.I. The summed E-state index contributed by atoms with van der Waals surface area (Å²) in [6.45, 7) is 10.9. The second kappa shape index (κ2) is 10.8. The second-order valence-corrected chi connectivity index (χ2v) is 8.33. The van der Waals surface area contributed by atoms with E-state index < -0.39 is 0 Å². The summed E-state index contributed by atoms with van der Waals surface area (Å²) < 4.78 is 7.79. The minimum absolute atomic E-state index is 0. The van der Waals surface area contributed by atoms with Gasteiger partial charge in [0.15, 0.2) is 5.96 Å². The van der Waals surface area contributed by atoms with Crippen molar-refractivity contribution in [1.82, 2.24) is 20.0 Å². The van der Waals surface area contributed by atoms with Gasteiger partial charge in [0.25, 0.3) is 0 Å². The predicted molar refractivity (Wildman–Crippen MR) is 134 cm³/mol. The number of anilines is 1. The minimum Gasteiger partial charge on any atom is -0.488 e. The zero-order valence-electron chi connectivity index (χ0n) is 19.0. The highest BCUT2D eigenvalue weighted by molar-refractivity contribution is 14.0. The number of carbonyl (C=O) groups excluding carboxylic acids is 1. The number of aliphatic imine (C=N–C) groups is 1. The largest absolute Gasteiger partial charge is 0.488 e. The van der Waals surface area contributed by atoms with Crippen molar-refractivity contribution in [3.8, 4) is 5.75 Å². The van der Waals surface area contributed by atoms with Crippen LogP contribution < -0.4 is 15.0 Å². The summed E-state index contributed by atoms with van der Waals surface area (Å²) in [6.07, 6.45) is 3.58. The number of piperazine rings is 1. The molecule has 1 N–H and O–H groups in total. The number of halogens is 1. The smallest absolute Gasteiger partial charge is 0.246 e. The lowest BCUT2D eigenvalue weighted by Crippen LogP contribution is -2.55. The number of aryl methyl sites for hydroxylation is 1. The number of benzene rings is 1. The van der Waals surface area contributed by atoms with Gasteiger partial charge in [-0.2, -0.15) is 5.10 Å². The molecule has 9 heteroatoms. The van der Waals surface area contributed by atoms with Crippen molar-refractivity contribution in [2.75, 3.05) is 31.1 Å². The molecule has 0 spiro atoms. The molecule has 2 aromatic rings. The van der Waals surface area contributed by atoms with Crippen molar-refractivity contribution in [3.05, 3.63) is 42.2 Å². The maximum absolute atomic E-state index is 12.8. The Morgan fingerprint density at radius 2 is 2.00 bits per heavy atom. The van der Waals surface area contributed by atoms with Gasteiger partial charge in [-0.3, -0.25) is 9.48 Å². The topological polar surface area (TPSA) is 75.0 Å². The Kier molecular flexibility index (Phi) is 8.72. The lowest BCUT2D eigenvalue weighted by Gasteiger charge is -2.35. The molecule has 0 radical (unpaired) electrons. The molecule has 0 atom stereocenters. The summed E-state index contributed by atoms with van der Waals surface area (Å²) in [4.78, 5) is 21.3. The van der Waals surface area contributed by atoms with E-state index in [-0.39, 0.29) is 42.0 Å². The molecule has 1 saturated heterocycles. The molecule has 2 heterocycles. The van der Waals surface area contributed by atoms with E-state index in [1.54, 1.807) is 15.8 Å². The van der Waals surface area contributed by atoms with Gasteiger partial charge in [-0.05, 0) is 33.8 Å². The third-order valence-electron chi connectivity index (χ3n) is 4.65. The monoisotopic (exact) mass is 540 g/mol. The molecule has 0 unspecified atom stereocenters. The first kappa shape index (κ1) is 25.0. The van der Waals surface area contributed by atoms with Crippen molar-refractivity contribution in [3.63, 3.8) is 0 Å². The summed E-state index contributed by atoms with van der Waals surface area (Å²) in [5.74, 6) is 1.61. The van der Waals surface area contributed by atoms with Crippen LogP contribution in [0.25, 0.3) is 0 Å². The van der Waals surface area contributed by atoms with Crippen molar-refractivity contribution < 1.29 is 9.53 Å². The van der Waals surface area contributed by atoms with Crippen LogP contribution in [0.15, 0.2) is 41.7 Å². The van der Waals surface area contributed by atoms with Gasteiger partial charge in [0.1, 0.15) is 17.9 Å². The van der Waals surface area contributed by atoms with Crippen molar-refractivity contribution in [2.24, 2.45) is 12.0 Å². The van der Waals surface area contributed by atoms with E-state index in [0.717, 1.165) is 29.5 Å². The number of hydrogen-bond acceptors (Lipinski definition) is 4. The molecule has 0 saturated carbocycles. The molecule has 0 aliphatic carbocycles. The van der Waals surface area contributed by atoms with Crippen LogP contribution in [0, 0.1) is 0 Å². The molecule has 8 nitrogen and oxygen atoms in total. The average Bonchev–Trinajstić information content (AvgIpc) is 3.11. The standard InChI is InChI=1S/C22H32N6O2.HI/c1-6-23-21(24-13-17-9-7-8-10-19(17)30-22(2,3)4)27-11-12-28(20(29)16-27)18-14-25-26(5)15-18;/h7-10,14-15H,6,11-13,16H2,1-5H3,(H,23,24);1H. The zero-order chi connectivity index (χ0) is 21.7. The molecule has 1 amide bonds. The fraction of sp³-hybridized carbons (Fsp3) is 0.500. The Bertz CT molecular complexity index is 905. The zero-order valence-corrected chi connectivity index (χ0v) is 21.3. The first-order chi connectivity index (χ1) is 14.3. The fourth-order valence-corrected chi connectivity index (χ4v) is 3.32. The molecular weight excluding hydrogens is 507 g/mol. The van der Waals surface area contributed by atoms with E-state index in [1.165, 1.54) is 0 Å². The fourth-order valence-electron chi connectivity index (χ4n) is 3.32. The number of nitrogens with one attached hydrogen (secondary N) is 1. The Labute approximate surface area is 201 Å². The number of rotatable bonds is 5. The lowest BCUT2D eigenvalue weighted by atomic mass is 10.1. The Morgan fingerprint density at radius 3 is 2.61 bits per heavy atom. The Morgan fingerprint density at radius 1 is 1.26 bits per heavy atom. The van der Waals surface area contributed by atoms with Crippen LogP contribution in [0.1, 0.15) is 33.3 Å². The number of guanidine groups is 1. The van der Waals surface area contributed by atoms with Crippen LogP contribution in [-0.2, 0) is 18.4 Å². The number of ether oxygens (including phenoxy) is 1. The van der Waals surface area contributed by atoms with Gasteiger partial charge in [0.2, 0.25) is 5.91 Å². The van der Waals surface area contributed by atoms with E-state index in [2.05, 4.69) is 10.4 Å². The van der Waals surface area contributed by atoms with Crippen molar-refractivity contribution in [1.29, 1.82) is 0 Å². The first-order valence-electron chi connectivity index (χ1n) is 10.4. The van der Waals surface area contributed by atoms with Gasteiger partial charge < -0.3 is 19.9 Å². The van der Waals surface area contributed by atoms with Crippen molar-refractivity contribution >= 4 is 41.5 Å². The van der Waals surface area contributed by atoms with Gasteiger partial charge >= 0.3 is 0 Å². The van der Waals surface area contributed by atoms with Gasteiger partial charge in [-0.1, -0.05) is 18.2 Å². The highest BCUT2D eigenvalue weighted by Gasteiger charge is 2.27. The highest BCUT2D eigenvalue weighted by Crippen LogP contribution is 2.24. The third kappa shape index (κ3) is 6.84. The normalized spacial score (nSPS) is 15.0. The molecule has 1 fully saturated rings. The number of aromatic nitrogens is 2. The maximum Gasteiger partial charge on any atom is 0.246 e. The van der Waals surface area contributed by atoms with Crippen LogP contribution in [-0.4, -0.2) is 58.3 Å². The molecule has 1 aliphatic rings. The lowest BCUT2D eigenvalue weighted by molar-refractivity contribution is -0.120. The Balaban J connectivity index is 0.00000341. The van der Waals surface area contributed by atoms with Crippen LogP contribution in [0.2, 0.25) is 0 Å². The van der Waals surface area contributed by atoms with Crippen LogP contribution >= 0.6 is 24.0 Å². The molecule has 31 heavy (non-hydrogen) atoms. The summed E-state index contributed by atoms with van der Waals surface area (Å²) >= 11 is 0. The van der Waals surface area contributed by atoms with Gasteiger partial charge in [0, 0.05) is 38.4 Å². The quantitative estimate of drug-likeness (QED) is 0.359. The summed E-state index contributed by atoms with van der Waals surface area (Å²) in [5.41, 5.74) is 1.57. The van der Waals surface area contributed by atoms with Crippen LogP contribution in [0.5, 0.6) is 5.75 Å². The number of para-hydroxylation sites is 1. The summed E-state index contributed by atoms with van der Waals surface area (Å²) in [6, 6.07) is 7.96. The molecule has 170 valence electrons. The van der Waals surface area contributed by atoms with E-state index in [9.17, 15) is 4.79 Å². The molecule has 1 aromatic heterocycles. The summed E-state index contributed by atoms with van der Waals surface area (Å²) in [7, 11) is 1.85. The summed E-state index contributed by atoms with van der Waals surface area (Å²) in [5, 5.41) is 7.49. The molecule has 1 aromatic carbocycles. The Hall–Kier alpha value is -2.30. The maximum atomic E-state index is 12.8. The van der Waals surface area contributed by atoms with E-state index >= 15 is 0 Å². The average molecular weight is 540 g/mol. The van der Waals surface area contributed by atoms with Crippen molar-refractivity contribution in [2.45, 2.75) is 39.8 Å². The molecule has 3 rings (SSSR count). The van der Waals surface area contributed by atoms with E-state index in [0.29, 0.717) is 19.6 Å². The van der Waals surface area contributed by atoms with E-state index in [1.807, 2.05) is 70.1 Å². The minimum atomic E-state index is -0.278. The molecule has 0 bridgehead atoms. The first-order valence-corrected chi connectivity index (χ1v) is 10.4. The number of hydrogen-bond donors (Lipinski definition) is 1. The van der Waals surface area contributed by atoms with Gasteiger partial charge in [-0.15, -0.1) is 24.0 Å². The number of carbonyl (C=O) groups is 1. The van der Waals surface area contributed by atoms with E-state index in [4.69, 9.17) is 9.73 Å².